The minimum Gasteiger partial charge on any atom is -0.298 e. The van der Waals surface area contributed by atoms with Crippen molar-refractivity contribution in [3.8, 4) is 23.4 Å². The molecule has 0 saturated carbocycles. The number of carbonyl (C=O) groups is 1. The molecule has 1 aliphatic carbocycles. The molecule has 0 radical (unpaired) electrons. The largest absolute Gasteiger partial charge is 0.298 e. The molecule has 184 valence electrons. The summed E-state index contributed by atoms with van der Waals surface area (Å²) in [5.41, 5.74) is 4.89. The van der Waals surface area contributed by atoms with Crippen molar-refractivity contribution in [1.82, 2.24) is 9.29 Å². The predicted molar refractivity (Wildman–Crippen MR) is 138 cm³/mol. The first kappa shape index (κ1) is 25.5. The van der Waals surface area contributed by atoms with Crippen LogP contribution in [0.5, 0.6) is 0 Å². The Balaban J connectivity index is 1.45. The number of amides is 1. The number of fused-ring (bicyclic) bond motifs is 1. The highest BCUT2D eigenvalue weighted by molar-refractivity contribution is 7.89. The molecule has 0 spiro atoms. The average Bonchev–Trinajstić information content (AvgIpc) is 3.37. The van der Waals surface area contributed by atoms with Gasteiger partial charge in [-0.15, -0.1) is 11.3 Å². The molecule has 0 aliphatic heterocycles. The Labute approximate surface area is 214 Å². The lowest BCUT2D eigenvalue weighted by Gasteiger charge is -2.20. The highest BCUT2D eigenvalue weighted by Crippen LogP contribution is 2.30. The number of aromatic nitrogens is 1. The van der Waals surface area contributed by atoms with E-state index in [-0.39, 0.29) is 30.8 Å². The van der Waals surface area contributed by atoms with Gasteiger partial charge in [-0.05, 0) is 67.1 Å². The zero-order valence-corrected chi connectivity index (χ0v) is 21.2. The van der Waals surface area contributed by atoms with Gasteiger partial charge in [-0.25, -0.2) is 13.4 Å². The van der Waals surface area contributed by atoms with Crippen LogP contribution in [0.15, 0.2) is 52.7 Å². The first-order valence-electron chi connectivity index (χ1n) is 11.7. The zero-order chi connectivity index (χ0) is 25.5. The second-order valence-corrected chi connectivity index (χ2v) is 11.2. The maximum absolute atomic E-state index is 12.9. The van der Waals surface area contributed by atoms with Crippen molar-refractivity contribution in [3.05, 3.63) is 64.5 Å². The summed E-state index contributed by atoms with van der Waals surface area (Å²) in [7, 11) is -3.89. The van der Waals surface area contributed by atoms with Crippen LogP contribution in [0, 0.1) is 22.7 Å². The molecule has 3 aromatic rings. The smallest absolute Gasteiger partial charge is 0.257 e. The molecular weight excluding hydrogens is 494 g/mol. The van der Waals surface area contributed by atoms with Gasteiger partial charge < -0.3 is 0 Å². The Hall–Kier alpha value is -3.57. The maximum Gasteiger partial charge on any atom is 0.257 e. The Morgan fingerprint density at radius 1 is 1.00 bits per heavy atom. The van der Waals surface area contributed by atoms with Gasteiger partial charge in [0.1, 0.15) is 0 Å². The van der Waals surface area contributed by atoms with Crippen LogP contribution in [0.3, 0.4) is 0 Å². The minimum atomic E-state index is -3.89. The summed E-state index contributed by atoms with van der Waals surface area (Å²) < 4.78 is 27.0. The van der Waals surface area contributed by atoms with Crippen LogP contribution in [0.4, 0.5) is 5.13 Å². The Bertz CT molecular complexity index is 1420. The number of nitriles is 2. The molecule has 1 heterocycles. The number of aryl methyl sites for hydroxylation is 2. The topological polar surface area (TPSA) is 127 Å². The van der Waals surface area contributed by atoms with Crippen molar-refractivity contribution < 1.29 is 13.2 Å². The Kier molecular flexibility index (Phi) is 8.11. The van der Waals surface area contributed by atoms with Crippen molar-refractivity contribution in [2.45, 2.75) is 43.4 Å². The number of benzene rings is 2. The number of hydrogen-bond donors (Lipinski definition) is 1. The van der Waals surface area contributed by atoms with E-state index in [1.54, 1.807) is 0 Å². The van der Waals surface area contributed by atoms with E-state index in [2.05, 4.69) is 28.5 Å². The third-order valence-corrected chi connectivity index (χ3v) is 8.74. The van der Waals surface area contributed by atoms with Crippen LogP contribution in [0.25, 0.3) is 11.3 Å². The summed E-state index contributed by atoms with van der Waals surface area (Å²) in [5, 5.41) is 22.8. The summed E-state index contributed by atoms with van der Waals surface area (Å²) in [4.78, 5) is 17.3. The number of hydrogen-bond acceptors (Lipinski definition) is 7. The molecule has 1 aromatic heterocycles. The van der Waals surface area contributed by atoms with Gasteiger partial charge in [0, 0.05) is 42.4 Å². The minimum absolute atomic E-state index is 0.000643. The van der Waals surface area contributed by atoms with Crippen molar-refractivity contribution in [1.29, 1.82) is 10.5 Å². The van der Waals surface area contributed by atoms with E-state index in [1.807, 2.05) is 17.5 Å². The molecule has 0 atom stereocenters. The summed E-state index contributed by atoms with van der Waals surface area (Å²) in [6.45, 7) is -0.00129. The molecule has 36 heavy (non-hydrogen) atoms. The molecule has 10 heteroatoms. The fraction of sp³-hybridized carbons (Fsp3) is 0.308. The Morgan fingerprint density at radius 2 is 1.67 bits per heavy atom. The standard InChI is InChI=1S/C26H25N5O3S2/c27-13-3-15-31(16-4-14-28)36(33,34)23-11-9-20(10-12-23)25(32)30-26-29-24(18-35-26)22-8-7-19-5-1-2-6-21(19)17-22/h7-12,17-18H,1-6,15-16H2,(H,29,30,32). The molecule has 0 fully saturated rings. The quantitative estimate of drug-likeness (QED) is 0.434. The van der Waals surface area contributed by atoms with Crippen LogP contribution in [-0.4, -0.2) is 36.7 Å². The van der Waals surface area contributed by atoms with Crippen LogP contribution < -0.4 is 5.32 Å². The molecule has 4 rings (SSSR count). The molecule has 0 saturated heterocycles. The summed E-state index contributed by atoms with van der Waals surface area (Å²) in [5.74, 6) is -0.392. The lowest BCUT2D eigenvalue weighted by molar-refractivity contribution is 0.102. The van der Waals surface area contributed by atoms with Gasteiger partial charge in [0.25, 0.3) is 5.91 Å². The highest BCUT2D eigenvalue weighted by atomic mass is 32.2. The number of carbonyl (C=O) groups excluding carboxylic acids is 1. The molecule has 1 N–H and O–H groups in total. The summed E-state index contributed by atoms with van der Waals surface area (Å²) >= 11 is 1.33. The van der Waals surface area contributed by atoms with Gasteiger partial charge in [-0.1, -0.05) is 12.1 Å². The number of sulfonamides is 1. The number of anilines is 1. The average molecular weight is 520 g/mol. The van der Waals surface area contributed by atoms with Gasteiger partial charge in [0.15, 0.2) is 5.13 Å². The number of nitrogens with one attached hydrogen (secondary N) is 1. The molecule has 0 unspecified atom stereocenters. The zero-order valence-electron chi connectivity index (χ0n) is 19.6. The van der Waals surface area contributed by atoms with Crippen molar-refractivity contribution in [3.63, 3.8) is 0 Å². The number of rotatable bonds is 9. The van der Waals surface area contributed by atoms with Crippen LogP contribution in [0.1, 0.15) is 47.2 Å². The summed E-state index contributed by atoms with van der Waals surface area (Å²) in [6, 6.07) is 15.9. The van der Waals surface area contributed by atoms with E-state index in [0.717, 1.165) is 28.4 Å². The first-order valence-corrected chi connectivity index (χ1v) is 14.0. The van der Waals surface area contributed by atoms with Crippen LogP contribution in [-0.2, 0) is 22.9 Å². The predicted octanol–water partition coefficient (Wildman–Crippen LogP) is 4.76. The van der Waals surface area contributed by atoms with Gasteiger partial charge in [-0.3, -0.25) is 10.1 Å². The highest BCUT2D eigenvalue weighted by Gasteiger charge is 2.24. The first-order chi connectivity index (χ1) is 17.4. The fourth-order valence-electron chi connectivity index (χ4n) is 4.15. The van der Waals surface area contributed by atoms with E-state index in [1.165, 1.54) is 59.6 Å². The van der Waals surface area contributed by atoms with E-state index >= 15 is 0 Å². The molecule has 1 amide bonds. The lowest BCUT2D eigenvalue weighted by Crippen LogP contribution is -2.32. The molecule has 2 aromatic carbocycles. The number of nitrogens with zero attached hydrogens (tertiary/aromatic N) is 4. The molecule has 1 aliphatic rings. The van der Waals surface area contributed by atoms with Crippen molar-refractivity contribution in [2.75, 3.05) is 18.4 Å². The molecule has 0 bridgehead atoms. The van der Waals surface area contributed by atoms with Gasteiger partial charge >= 0.3 is 0 Å². The summed E-state index contributed by atoms with van der Waals surface area (Å²) in [6.07, 6.45) is 4.67. The molecule has 8 nitrogen and oxygen atoms in total. The SMILES string of the molecule is N#CCCN(CCC#N)S(=O)(=O)c1ccc(C(=O)Nc2nc(-c3ccc4c(c3)CCCC4)cs2)cc1. The number of thiazole rings is 1. The third-order valence-electron chi connectivity index (χ3n) is 6.07. The normalized spacial score (nSPS) is 13.0. The van der Waals surface area contributed by atoms with E-state index < -0.39 is 15.9 Å². The lowest BCUT2D eigenvalue weighted by atomic mass is 9.90. The van der Waals surface area contributed by atoms with E-state index in [4.69, 9.17) is 10.5 Å². The van der Waals surface area contributed by atoms with Crippen molar-refractivity contribution >= 4 is 32.4 Å². The van der Waals surface area contributed by atoms with Gasteiger partial charge in [0.2, 0.25) is 10.0 Å². The van der Waals surface area contributed by atoms with E-state index in [9.17, 15) is 13.2 Å². The fourth-order valence-corrected chi connectivity index (χ4v) is 6.31. The second kappa shape index (κ2) is 11.4. The third kappa shape index (κ3) is 5.80. The second-order valence-electron chi connectivity index (χ2n) is 8.43. The van der Waals surface area contributed by atoms with Crippen LogP contribution in [0.2, 0.25) is 0 Å². The maximum atomic E-state index is 12.9. The molecular formula is C26H25N5O3S2. The van der Waals surface area contributed by atoms with Gasteiger partial charge in [0.05, 0.1) is 22.7 Å². The van der Waals surface area contributed by atoms with Gasteiger partial charge in [-0.2, -0.15) is 14.8 Å². The van der Waals surface area contributed by atoms with Crippen LogP contribution >= 0.6 is 11.3 Å². The Morgan fingerprint density at radius 3 is 2.33 bits per heavy atom. The van der Waals surface area contributed by atoms with Crippen molar-refractivity contribution in [2.24, 2.45) is 0 Å². The monoisotopic (exact) mass is 519 g/mol. The van der Waals surface area contributed by atoms with E-state index in [0.29, 0.717) is 10.7 Å².